The molecule has 0 aliphatic carbocycles. The first-order valence-corrected chi connectivity index (χ1v) is 8.04. The molecule has 2 rings (SSSR count). The highest BCUT2D eigenvalue weighted by molar-refractivity contribution is 5.94. The van der Waals surface area contributed by atoms with Crippen molar-refractivity contribution in [3.05, 3.63) is 49.1 Å². The van der Waals surface area contributed by atoms with Crippen LogP contribution in [0.2, 0.25) is 0 Å². The van der Waals surface area contributed by atoms with Gasteiger partial charge in [-0.15, -0.1) is 0 Å². The SMILES string of the molecule is C=CC(=O)OCCNC(=O)Oc1cccc2c(OCCOC)cccc12. The van der Waals surface area contributed by atoms with E-state index in [1.54, 1.807) is 19.2 Å². The second-order valence-corrected chi connectivity index (χ2v) is 5.14. The lowest BCUT2D eigenvalue weighted by Crippen LogP contribution is -2.30. The van der Waals surface area contributed by atoms with Gasteiger partial charge < -0.3 is 24.3 Å². The minimum absolute atomic E-state index is 0.0347. The third-order valence-electron chi connectivity index (χ3n) is 3.37. The fourth-order valence-electron chi connectivity index (χ4n) is 2.20. The van der Waals surface area contributed by atoms with Crippen molar-refractivity contribution >= 4 is 22.8 Å². The standard InChI is InChI=1S/C19H21NO6/c1-3-18(21)25-11-10-20-19(22)26-17-9-5-6-14-15(17)7-4-8-16(14)24-13-12-23-2/h3-9H,1,10-13H2,2H3,(H,20,22). The van der Waals surface area contributed by atoms with Gasteiger partial charge in [-0.2, -0.15) is 0 Å². The summed E-state index contributed by atoms with van der Waals surface area (Å²) in [7, 11) is 1.61. The van der Waals surface area contributed by atoms with Gasteiger partial charge in [0.15, 0.2) is 0 Å². The molecular weight excluding hydrogens is 338 g/mol. The van der Waals surface area contributed by atoms with Crippen molar-refractivity contribution in [1.82, 2.24) is 5.32 Å². The van der Waals surface area contributed by atoms with Crippen LogP contribution < -0.4 is 14.8 Å². The van der Waals surface area contributed by atoms with Crippen molar-refractivity contribution in [2.45, 2.75) is 0 Å². The molecule has 0 aromatic heterocycles. The molecule has 7 nitrogen and oxygen atoms in total. The maximum Gasteiger partial charge on any atom is 0.412 e. The van der Waals surface area contributed by atoms with E-state index in [0.717, 1.165) is 16.8 Å². The van der Waals surface area contributed by atoms with Crippen LogP contribution in [0, 0.1) is 0 Å². The Labute approximate surface area is 151 Å². The zero-order chi connectivity index (χ0) is 18.8. The largest absolute Gasteiger partial charge is 0.491 e. The molecule has 0 unspecified atom stereocenters. The number of hydrogen-bond acceptors (Lipinski definition) is 6. The third kappa shape index (κ3) is 5.49. The number of hydrogen-bond donors (Lipinski definition) is 1. The fraction of sp³-hybridized carbons (Fsp3) is 0.263. The monoisotopic (exact) mass is 359 g/mol. The number of ether oxygens (including phenoxy) is 4. The third-order valence-corrected chi connectivity index (χ3v) is 3.37. The molecule has 0 fully saturated rings. The second kappa shape index (κ2) is 10.0. The van der Waals surface area contributed by atoms with Crippen molar-refractivity contribution in [1.29, 1.82) is 0 Å². The first kappa shape index (κ1) is 19.3. The summed E-state index contributed by atoms with van der Waals surface area (Å²) in [6.07, 6.45) is 0.415. The number of fused-ring (bicyclic) bond motifs is 1. The van der Waals surface area contributed by atoms with Crippen LogP contribution in [0.1, 0.15) is 0 Å². The van der Waals surface area contributed by atoms with E-state index in [9.17, 15) is 9.59 Å². The molecule has 138 valence electrons. The van der Waals surface area contributed by atoms with E-state index < -0.39 is 12.1 Å². The van der Waals surface area contributed by atoms with Gasteiger partial charge in [0.2, 0.25) is 0 Å². The van der Waals surface area contributed by atoms with Crippen LogP contribution in [0.5, 0.6) is 11.5 Å². The lowest BCUT2D eigenvalue weighted by atomic mass is 10.1. The summed E-state index contributed by atoms with van der Waals surface area (Å²) < 4.78 is 20.8. The first-order chi connectivity index (χ1) is 12.7. The average molecular weight is 359 g/mol. The predicted molar refractivity (Wildman–Crippen MR) is 96.5 cm³/mol. The zero-order valence-corrected chi connectivity index (χ0v) is 14.5. The maximum absolute atomic E-state index is 11.9. The topological polar surface area (TPSA) is 83.1 Å². The van der Waals surface area contributed by atoms with Crippen molar-refractivity contribution in [2.24, 2.45) is 0 Å². The molecule has 1 N–H and O–H groups in total. The van der Waals surface area contributed by atoms with Gasteiger partial charge in [-0.3, -0.25) is 0 Å². The molecule has 26 heavy (non-hydrogen) atoms. The maximum atomic E-state index is 11.9. The van der Waals surface area contributed by atoms with Crippen LogP contribution >= 0.6 is 0 Å². The summed E-state index contributed by atoms with van der Waals surface area (Å²) in [6, 6.07) is 10.9. The second-order valence-electron chi connectivity index (χ2n) is 5.14. The van der Waals surface area contributed by atoms with E-state index in [1.165, 1.54) is 0 Å². The van der Waals surface area contributed by atoms with Crippen LogP contribution in [0.4, 0.5) is 4.79 Å². The molecule has 0 aliphatic rings. The molecule has 7 heteroatoms. The Morgan fingerprint density at radius 2 is 1.73 bits per heavy atom. The number of methoxy groups -OCH3 is 1. The number of amides is 1. The van der Waals surface area contributed by atoms with E-state index in [2.05, 4.69) is 11.9 Å². The number of carbonyl (C=O) groups excluding carboxylic acids is 2. The Balaban J connectivity index is 2.00. The van der Waals surface area contributed by atoms with E-state index >= 15 is 0 Å². The normalized spacial score (nSPS) is 10.2. The fourth-order valence-corrected chi connectivity index (χ4v) is 2.20. The Hall–Kier alpha value is -3.06. The van der Waals surface area contributed by atoms with E-state index in [4.69, 9.17) is 18.9 Å². The molecule has 2 aromatic carbocycles. The van der Waals surface area contributed by atoms with Gasteiger partial charge in [0.25, 0.3) is 0 Å². The summed E-state index contributed by atoms with van der Waals surface area (Å²) in [4.78, 5) is 22.8. The zero-order valence-electron chi connectivity index (χ0n) is 14.5. The van der Waals surface area contributed by atoms with Gasteiger partial charge in [-0.1, -0.05) is 30.8 Å². The molecule has 0 saturated carbocycles. The van der Waals surface area contributed by atoms with Gasteiger partial charge in [-0.05, 0) is 12.1 Å². The summed E-state index contributed by atoms with van der Waals surface area (Å²) in [5.41, 5.74) is 0. The molecule has 1 amide bonds. The van der Waals surface area contributed by atoms with Crippen molar-refractivity contribution < 1.29 is 28.5 Å². The Morgan fingerprint density at radius 1 is 1.04 bits per heavy atom. The molecule has 0 bridgehead atoms. The van der Waals surface area contributed by atoms with Crippen LogP contribution in [-0.4, -0.2) is 45.5 Å². The van der Waals surface area contributed by atoms with Gasteiger partial charge in [0.05, 0.1) is 13.2 Å². The molecular formula is C19H21NO6. The van der Waals surface area contributed by atoms with Crippen molar-refractivity contribution in [3.8, 4) is 11.5 Å². The van der Waals surface area contributed by atoms with Crippen LogP contribution in [0.15, 0.2) is 49.1 Å². The number of rotatable bonds is 9. The summed E-state index contributed by atoms with van der Waals surface area (Å²) >= 11 is 0. The van der Waals surface area contributed by atoms with E-state index in [1.807, 2.05) is 24.3 Å². The highest BCUT2D eigenvalue weighted by Crippen LogP contribution is 2.32. The minimum atomic E-state index is -0.641. The van der Waals surface area contributed by atoms with Gasteiger partial charge >= 0.3 is 12.1 Å². The lowest BCUT2D eigenvalue weighted by Gasteiger charge is -2.12. The lowest BCUT2D eigenvalue weighted by molar-refractivity contribution is -0.137. The number of nitrogens with one attached hydrogen (secondary N) is 1. The van der Waals surface area contributed by atoms with Crippen LogP contribution in [0.3, 0.4) is 0 Å². The van der Waals surface area contributed by atoms with Gasteiger partial charge in [0.1, 0.15) is 24.7 Å². The highest BCUT2D eigenvalue weighted by atomic mass is 16.6. The Kier molecular flexibility index (Phi) is 7.45. The van der Waals surface area contributed by atoms with Gasteiger partial charge in [-0.25, -0.2) is 9.59 Å². The molecule has 0 saturated heterocycles. The van der Waals surface area contributed by atoms with Crippen molar-refractivity contribution in [2.75, 3.05) is 33.5 Å². The molecule has 0 aliphatic heterocycles. The molecule has 0 spiro atoms. The molecule has 0 heterocycles. The molecule has 2 aromatic rings. The van der Waals surface area contributed by atoms with Crippen molar-refractivity contribution in [3.63, 3.8) is 0 Å². The summed E-state index contributed by atoms with van der Waals surface area (Å²) in [5, 5.41) is 4.08. The van der Waals surface area contributed by atoms with Crippen LogP contribution in [-0.2, 0) is 14.3 Å². The predicted octanol–water partition coefficient (Wildman–Crippen LogP) is 2.68. The average Bonchev–Trinajstić information content (AvgIpc) is 2.65. The Bertz CT molecular complexity index is 774. The molecule has 0 atom stereocenters. The van der Waals surface area contributed by atoms with Crippen LogP contribution in [0.25, 0.3) is 10.8 Å². The number of benzene rings is 2. The van der Waals surface area contributed by atoms with Gasteiger partial charge in [0, 0.05) is 24.0 Å². The van der Waals surface area contributed by atoms with E-state index in [0.29, 0.717) is 24.7 Å². The molecule has 0 radical (unpaired) electrons. The summed E-state index contributed by atoms with van der Waals surface area (Å²) in [5.74, 6) is 0.539. The Morgan fingerprint density at radius 3 is 2.42 bits per heavy atom. The smallest absolute Gasteiger partial charge is 0.412 e. The quantitative estimate of drug-likeness (QED) is 0.421. The number of esters is 1. The van der Waals surface area contributed by atoms with E-state index in [-0.39, 0.29) is 13.2 Å². The highest BCUT2D eigenvalue weighted by Gasteiger charge is 2.10. The first-order valence-electron chi connectivity index (χ1n) is 8.04. The number of carbonyl (C=O) groups is 2. The minimum Gasteiger partial charge on any atom is -0.491 e. The summed E-state index contributed by atoms with van der Waals surface area (Å²) in [6.45, 7) is 4.35.